The molecule has 1 saturated heterocycles. The highest BCUT2D eigenvalue weighted by atomic mass is 35.5. The Morgan fingerprint density at radius 3 is 2.33 bits per heavy atom. The van der Waals surface area contributed by atoms with Gasteiger partial charge in [-0.2, -0.15) is 0 Å². The molecule has 0 spiro atoms. The van der Waals surface area contributed by atoms with Crippen LogP contribution in [0.25, 0.3) is 0 Å². The average molecular weight is 416 g/mol. The summed E-state index contributed by atoms with van der Waals surface area (Å²) in [6.45, 7) is 5.35. The monoisotopic (exact) mass is 415 g/mol. The number of carbonyl (C=O) groups excluding carboxylic acids is 1. The van der Waals surface area contributed by atoms with Crippen molar-refractivity contribution in [2.45, 2.75) is 45.1 Å². The van der Waals surface area contributed by atoms with Crippen molar-refractivity contribution in [1.29, 1.82) is 0 Å². The zero-order chi connectivity index (χ0) is 19.9. The van der Waals surface area contributed by atoms with Gasteiger partial charge in [-0.1, -0.05) is 24.4 Å². The molecule has 1 amide bonds. The maximum atomic E-state index is 12.5. The molecule has 2 rings (SSSR count). The molecule has 0 unspecified atom stereocenters. The van der Waals surface area contributed by atoms with E-state index in [4.69, 9.17) is 11.6 Å². The molecular weight excluding hydrogens is 386 g/mol. The van der Waals surface area contributed by atoms with Crippen molar-refractivity contribution in [2.75, 3.05) is 36.7 Å². The molecule has 0 aliphatic carbocycles. The molecule has 0 saturated carbocycles. The SMILES string of the molecule is C[C@H](C(=O)NCCCN1CCCCCC1)N(c1ccc(Cl)cc1)S(C)(=O)=O. The summed E-state index contributed by atoms with van der Waals surface area (Å²) in [6.07, 6.45) is 7.05. The van der Waals surface area contributed by atoms with Gasteiger partial charge in [0.1, 0.15) is 6.04 Å². The molecule has 1 aromatic carbocycles. The highest BCUT2D eigenvalue weighted by molar-refractivity contribution is 7.92. The Balaban J connectivity index is 1.89. The van der Waals surface area contributed by atoms with Crippen molar-refractivity contribution in [2.24, 2.45) is 0 Å². The normalized spacial score (nSPS) is 17.1. The molecule has 1 heterocycles. The lowest BCUT2D eigenvalue weighted by molar-refractivity contribution is -0.121. The van der Waals surface area contributed by atoms with Gasteiger partial charge in [0.2, 0.25) is 15.9 Å². The highest BCUT2D eigenvalue weighted by Crippen LogP contribution is 2.23. The third kappa shape index (κ3) is 6.97. The van der Waals surface area contributed by atoms with Crippen molar-refractivity contribution in [3.63, 3.8) is 0 Å². The Bertz CT molecular complexity index is 701. The molecule has 6 nitrogen and oxygen atoms in total. The van der Waals surface area contributed by atoms with Crippen molar-refractivity contribution in [1.82, 2.24) is 10.2 Å². The first-order chi connectivity index (χ1) is 12.8. The number of benzene rings is 1. The van der Waals surface area contributed by atoms with Gasteiger partial charge in [0.05, 0.1) is 11.9 Å². The third-order valence-corrected chi connectivity index (χ3v) is 6.31. The number of hydrogen-bond donors (Lipinski definition) is 1. The topological polar surface area (TPSA) is 69.7 Å². The van der Waals surface area contributed by atoms with Crippen LogP contribution in [0.15, 0.2) is 24.3 Å². The van der Waals surface area contributed by atoms with Gasteiger partial charge in [-0.15, -0.1) is 0 Å². The highest BCUT2D eigenvalue weighted by Gasteiger charge is 2.28. The number of likely N-dealkylation sites (tertiary alicyclic amines) is 1. The lowest BCUT2D eigenvalue weighted by Gasteiger charge is -2.28. The predicted molar refractivity (Wildman–Crippen MR) is 111 cm³/mol. The number of amides is 1. The minimum absolute atomic E-state index is 0.300. The lowest BCUT2D eigenvalue weighted by atomic mass is 10.2. The molecule has 1 aliphatic rings. The van der Waals surface area contributed by atoms with Crippen LogP contribution in [0, 0.1) is 0 Å². The van der Waals surface area contributed by atoms with E-state index < -0.39 is 16.1 Å². The Labute approximate surface area is 167 Å². The number of sulfonamides is 1. The minimum atomic E-state index is -3.61. The summed E-state index contributed by atoms with van der Waals surface area (Å²) < 4.78 is 25.6. The maximum absolute atomic E-state index is 12.5. The molecule has 1 aliphatic heterocycles. The number of anilines is 1. The molecule has 8 heteroatoms. The second-order valence-electron chi connectivity index (χ2n) is 7.11. The van der Waals surface area contributed by atoms with E-state index in [1.807, 2.05) is 0 Å². The van der Waals surface area contributed by atoms with Crippen LogP contribution in [-0.2, 0) is 14.8 Å². The van der Waals surface area contributed by atoms with E-state index in [-0.39, 0.29) is 5.91 Å². The Morgan fingerprint density at radius 1 is 1.19 bits per heavy atom. The van der Waals surface area contributed by atoms with Crippen molar-refractivity contribution in [3.8, 4) is 0 Å². The maximum Gasteiger partial charge on any atom is 0.243 e. The van der Waals surface area contributed by atoms with E-state index in [1.54, 1.807) is 31.2 Å². The number of carbonyl (C=O) groups is 1. The van der Waals surface area contributed by atoms with E-state index in [0.29, 0.717) is 17.3 Å². The fourth-order valence-corrected chi connectivity index (χ4v) is 4.72. The summed E-state index contributed by atoms with van der Waals surface area (Å²) in [7, 11) is -3.61. The first-order valence-corrected chi connectivity index (χ1v) is 11.8. The molecule has 0 radical (unpaired) electrons. The van der Waals surface area contributed by atoms with Crippen LogP contribution in [0.4, 0.5) is 5.69 Å². The van der Waals surface area contributed by atoms with Crippen LogP contribution in [-0.4, -0.2) is 57.7 Å². The van der Waals surface area contributed by atoms with E-state index >= 15 is 0 Å². The molecule has 1 N–H and O–H groups in total. The molecule has 0 bridgehead atoms. The lowest BCUT2D eigenvalue weighted by Crippen LogP contribution is -2.48. The molecule has 1 atom stereocenters. The zero-order valence-electron chi connectivity index (χ0n) is 16.2. The van der Waals surface area contributed by atoms with Crippen LogP contribution in [0.2, 0.25) is 5.02 Å². The molecule has 1 aromatic rings. The molecule has 0 aromatic heterocycles. The standard InChI is InChI=1S/C19H30ClN3O3S/c1-16(23(27(2,25)26)18-10-8-17(20)9-11-18)19(24)21-12-7-15-22-13-5-3-4-6-14-22/h8-11,16H,3-7,12-15H2,1-2H3,(H,21,24)/t16-/m1/s1. The number of nitrogens with one attached hydrogen (secondary N) is 1. The fraction of sp³-hybridized carbons (Fsp3) is 0.632. The van der Waals surface area contributed by atoms with Gasteiger partial charge in [0.25, 0.3) is 0 Å². The van der Waals surface area contributed by atoms with Crippen LogP contribution in [0.5, 0.6) is 0 Å². The number of halogens is 1. The summed E-state index contributed by atoms with van der Waals surface area (Å²) in [5, 5.41) is 3.39. The molecule has 27 heavy (non-hydrogen) atoms. The average Bonchev–Trinajstić information content (AvgIpc) is 2.88. The van der Waals surface area contributed by atoms with Crippen LogP contribution in [0.3, 0.4) is 0 Å². The van der Waals surface area contributed by atoms with Gasteiger partial charge in [-0.25, -0.2) is 8.42 Å². The second kappa shape index (κ2) is 10.3. The van der Waals surface area contributed by atoms with Gasteiger partial charge < -0.3 is 10.2 Å². The zero-order valence-corrected chi connectivity index (χ0v) is 17.7. The van der Waals surface area contributed by atoms with Crippen molar-refractivity contribution in [3.05, 3.63) is 29.3 Å². The number of hydrogen-bond acceptors (Lipinski definition) is 4. The first kappa shape index (κ1) is 22.0. The smallest absolute Gasteiger partial charge is 0.243 e. The summed E-state index contributed by atoms with van der Waals surface area (Å²) in [5.74, 6) is -0.300. The number of nitrogens with zero attached hydrogens (tertiary/aromatic N) is 2. The Kier molecular flexibility index (Phi) is 8.38. The van der Waals surface area contributed by atoms with Crippen molar-refractivity contribution < 1.29 is 13.2 Å². The summed E-state index contributed by atoms with van der Waals surface area (Å²) in [5.41, 5.74) is 0.425. The second-order valence-corrected chi connectivity index (χ2v) is 9.41. The minimum Gasteiger partial charge on any atom is -0.354 e. The summed E-state index contributed by atoms with van der Waals surface area (Å²) in [6, 6.07) is 5.60. The van der Waals surface area contributed by atoms with Crippen LogP contribution in [0.1, 0.15) is 39.0 Å². The molecule has 1 fully saturated rings. The van der Waals surface area contributed by atoms with Crippen LogP contribution >= 0.6 is 11.6 Å². The van der Waals surface area contributed by atoms with Gasteiger partial charge >= 0.3 is 0 Å². The predicted octanol–water partition coefficient (Wildman–Crippen LogP) is 2.88. The van der Waals surface area contributed by atoms with E-state index in [1.165, 1.54) is 25.7 Å². The Morgan fingerprint density at radius 2 is 1.78 bits per heavy atom. The quantitative estimate of drug-likeness (QED) is 0.663. The van der Waals surface area contributed by atoms with Crippen LogP contribution < -0.4 is 9.62 Å². The van der Waals surface area contributed by atoms with E-state index in [2.05, 4.69) is 10.2 Å². The van der Waals surface area contributed by atoms with Gasteiger partial charge in [-0.3, -0.25) is 9.10 Å². The van der Waals surface area contributed by atoms with Gasteiger partial charge in [0.15, 0.2) is 0 Å². The largest absolute Gasteiger partial charge is 0.354 e. The van der Waals surface area contributed by atoms with E-state index in [0.717, 1.165) is 36.6 Å². The summed E-state index contributed by atoms with van der Waals surface area (Å²) in [4.78, 5) is 15.0. The van der Waals surface area contributed by atoms with E-state index in [9.17, 15) is 13.2 Å². The molecular formula is C19H30ClN3O3S. The third-order valence-electron chi connectivity index (χ3n) is 4.82. The fourth-order valence-electron chi connectivity index (χ4n) is 3.42. The van der Waals surface area contributed by atoms with Gasteiger partial charge in [-0.05, 0) is 70.1 Å². The number of rotatable bonds is 8. The summed E-state index contributed by atoms with van der Waals surface area (Å²) >= 11 is 5.88. The first-order valence-electron chi connectivity index (χ1n) is 9.54. The van der Waals surface area contributed by atoms with Gasteiger partial charge in [0, 0.05) is 11.6 Å². The van der Waals surface area contributed by atoms with Crippen molar-refractivity contribution >= 4 is 33.2 Å². The Hall–Kier alpha value is -1.31. The molecule has 152 valence electrons.